The van der Waals surface area contributed by atoms with Crippen LogP contribution in [-0.4, -0.2) is 14.7 Å². The number of nitrogens with zero attached hydrogens (tertiary/aromatic N) is 1. The van der Waals surface area contributed by atoms with Crippen LogP contribution in [-0.2, 0) is 4.43 Å². The molecule has 0 aliphatic rings. The fourth-order valence-electron chi connectivity index (χ4n) is 2.05. The maximum atomic E-state index is 5.93. The van der Waals surface area contributed by atoms with E-state index in [4.69, 9.17) is 9.16 Å². The monoisotopic (exact) mass is 319 g/mol. The second kappa shape index (κ2) is 7.72. The minimum absolute atomic E-state index is 0.0899. The summed E-state index contributed by atoms with van der Waals surface area (Å²) in [5.41, 5.74) is 0.863. The first-order valence-corrected chi connectivity index (χ1v) is 8.38. The van der Waals surface area contributed by atoms with E-state index in [-0.39, 0.29) is 6.10 Å². The Morgan fingerprint density at radius 3 is 2.26 bits per heavy atom. The van der Waals surface area contributed by atoms with E-state index in [9.17, 15) is 0 Å². The van der Waals surface area contributed by atoms with Crippen LogP contribution in [0.25, 0.3) is 0 Å². The molecular weight excluding hydrogens is 302 g/mol. The summed E-state index contributed by atoms with van der Waals surface area (Å²) in [4.78, 5) is 4.54. The number of hydrogen-bond acceptors (Lipinski definition) is 3. The number of benzene rings is 2. The van der Waals surface area contributed by atoms with Crippen LogP contribution < -0.4 is 9.92 Å². The lowest BCUT2D eigenvalue weighted by molar-refractivity contribution is 0.237. The van der Waals surface area contributed by atoms with Crippen molar-refractivity contribution in [1.29, 1.82) is 0 Å². The predicted octanol–water partition coefficient (Wildman–Crippen LogP) is 3.90. The molecule has 1 unspecified atom stereocenters. The highest BCUT2D eigenvalue weighted by atomic mass is 28.2. The molecule has 0 fully saturated rings. The van der Waals surface area contributed by atoms with Crippen LogP contribution in [0.3, 0.4) is 0 Å². The molecule has 0 amide bonds. The van der Waals surface area contributed by atoms with Crippen molar-refractivity contribution in [2.45, 2.75) is 13.0 Å². The van der Waals surface area contributed by atoms with Crippen molar-refractivity contribution >= 4 is 14.9 Å². The molecule has 23 heavy (non-hydrogen) atoms. The third-order valence-electron chi connectivity index (χ3n) is 3.25. The highest BCUT2D eigenvalue weighted by Crippen LogP contribution is 2.21. The molecule has 1 aromatic heterocycles. The van der Waals surface area contributed by atoms with E-state index in [0.29, 0.717) is 15.6 Å². The van der Waals surface area contributed by atoms with Gasteiger partial charge in [-0.15, -0.1) is 0 Å². The number of para-hydroxylation sites is 1. The summed E-state index contributed by atoms with van der Waals surface area (Å²) in [7, 11) is 0.300. The van der Waals surface area contributed by atoms with Crippen LogP contribution >= 0.6 is 0 Å². The molecule has 2 aromatic carbocycles. The average Bonchev–Trinajstić information content (AvgIpc) is 2.62. The Balaban J connectivity index is 1.64. The van der Waals surface area contributed by atoms with Crippen molar-refractivity contribution in [1.82, 2.24) is 4.98 Å². The van der Waals surface area contributed by atoms with Gasteiger partial charge in [0.2, 0.25) is 5.88 Å². The van der Waals surface area contributed by atoms with Gasteiger partial charge in [-0.1, -0.05) is 54.6 Å². The highest BCUT2D eigenvalue weighted by Gasteiger charge is 2.10. The van der Waals surface area contributed by atoms with Gasteiger partial charge in [-0.2, -0.15) is 0 Å². The van der Waals surface area contributed by atoms with Gasteiger partial charge >= 0.3 is 0 Å². The third-order valence-corrected chi connectivity index (χ3v) is 4.30. The van der Waals surface area contributed by atoms with Crippen molar-refractivity contribution in [2.24, 2.45) is 0 Å². The molecule has 0 aliphatic carbocycles. The standard InChI is InChI=1S/C19H17NO2Si/c1-15(22-23-17-11-6-3-7-12-17)18-13-8-14-19(20-18)21-16-9-4-2-5-10-16/h2-15H,1H3. The Bertz CT molecular complexity index is 735. The van der Waals surface area contributed by atoms with Gasteiger partial charge in [0.25, 0.3) is 9.76 Å². The molecule has 0 N–H and O–H groups in total. The quantitative estimate of drug-likeness (QED) is 0.646. The molecule has 0 saturated carbocycles. The average molecular weight is 319 g/mol. The smallest absolute Gasteiger partial charge is 0.269 e. The van der Waals surface area contributed by atoms with Gasteiger partial charge in [0.05, 0.1) is 11.8 Å². The summed E-state index contributed by atoms with van der Waals surface area (Å²) in [6.45, 7) is 2.00. The van der Waals surface area contributed by atoms with E-state index < -0.39 is 0 Å². The van der Waals surface area contributed by atoms with Crippen LogP contribution in [0.2, 0.25) is 0 Å². The fourth-order valence-corrected chi connectivity index (χ4v) is 2.81. The molecule has 0 bridgehead atoms. The molecular formula is C19H17NO2Si. The van der Waals surface area contributed by atoms with E-state index in [0.717, 1.165) is 11.4 Å². The molecule has 1 atom stereocenters. The molecule has 114 valence electrons. The zero-order chi connectivity index (χ0) is 15.9. The van der Waals surface area contributed by atoms with Crippen molar-refractivity contribution < 1.29 is 9.16 Å². The summed E-state index contributed by atoms with van der Waals surface area (Å²) < 4.78 is 11.7. The van der Waals surface area contributed by atoms with E-state index in [1.54, 1.807) is 0 Å². The second-order valence-electron chi connectivity index (χ2n) is 5.04. The lowest BCUT2D eigenvalue weighted by Gasteiger charge is -2.13. The normalized spacial score (nSPS) is 11.9. The Morgan fingerprint density at radius 2 is 1.52 bits per heavy atom. The second-order valence-corrected chi connectivity index (χ2v) is 6.06. The predicted molar refractivity (Wildman–Crippen MR) is 92.1 cm³/mol. The van der Waals surface area contributed by atoms with Crippen LogP contribution in [0.15, 0.2) is 78.9 Å². The summed E-state index contributed by atoms with van der Waals surface area (Å²) in [5.74, 6) is 1.35. The number of hydrogen-bond donors (Lipinski definition) is 0. The Kier molecular flexibility index (Phi) is 5.19. The number of ether oxygens (including phenoxy) is 1. The van der Waals surface area contributed by atoms with Gasteiger partial charge in [-0.05, 0) is 30.3 Å². The first-order chi connectivity index (χ1) is 11.3. The lowest BCUT2D eigenvalue weighted by atomic mass is 10.2. The topological polar surface area (TPSA) is 31.4 Å². The maximum Gasteiger partial charge on any atom is 0.269 e. The summed E-state index contributed by atoms with van der Waals surface area (Å²) in [6.07, 6.45) is -0.0899. The molecule has 3 aromatic rings. The minimum Gasteiger partial charge on any atom is -0.439 e. The zero-order valence-corrected chi connectivity index (χ0v) is 13.8. The fraction of sp³-hybridized carbons (Fsp3) is 0.105. The minimum atomic E-state index is -0.0899. The summed E-state index contributed by atoms with van der Waals surface area (Å²) >= 11 is 0. The first-order valence-electron chi connectivity index (χ1n) is 7.48. The molecule has 0 spiro atoms. The van der Waals surface area contributed by atoms with Crippen LogP contribution in [0.4, 0.5) is 0 Å². The summed E-state index contributed by atoms with van der Waals surface area (Å²) in [5, 5.41) is 1.18. The van der Waals surface area contributed by atoms with E-state index in [1.807, 2.05) is 73.7 Å². The van der Waals surface area contributed by atoms with Gasteiger partial charge in [-0.3, -0.25) is 0 Å². The van der Waals surface area contributed by atoms with Crippen LogP contribution in [0.5, 0.6) is 11.6 Å². The number of aromatic nitrogens is 1. The van der Waals surface area contributed by atoms with E-state index in [1.165, 1.54) is 5.19 Å². The number of pyridine rings is 1. The molecule has 0 saturated heterocycles. The SMILES string of the molecule is CC(O[Si]c1ccccc1)c1cccc(Oc2ccccc2)n1. The molecule has 2 radical (unpaired) electrons. The Labute approximate surface area is 138 Å². The Hall–Kier alpha value is -2.43. The maximum absolute atomic E-state index is 5.93. The highest BCUT2D eigenvalue weighted by molar-refractivity contribution is 6.46. The van der Waals surface area contributed by atoms with E-state index >= 15 is 0 Å². The van der Waals surface area contributed by atoms with Crippen LogP contribution in [0.1, 0.15) is 18.7 Å². The van der Waals surface area contributed by atoms with E-state index in [2.05, 4.69) is 17.1 Å². The first kappa shape index (κ1) is 15.5. The number of rotatable bonds is 6. The van der Waals surface area contributed by atoms with Crippen molar-refractivity contribution in [2.75, 3.05) is 0 Å². The van der Waals surface area contributed by atoms with Crippen molar-refractivity contribution in [3.8, 4) is 11.6 Å². The molecule has 3 nitrogen and oxygen atoms in total. The molecule has 0 aliphatic heterocycles. The van der Waals surface area contributed by atoms with Gasteiger partial charge in [-0.25, -0.2) is 4.98 Å². The molecule has 1 heterocycles. The van der Waals surface area contributed by atoms with Gasteiger partial charge in [0.15, 0.2) is 0 Å². The lowest BCUT2D eigenvalue weighted by Crippen LogP contribution is -2.19. The third kappa shape index (κ3) is 4.52. The van der Waals surface area contributed by atoms with Gasteiger partial charge in [0.1, 0.15) is 5.75 Å². The molecule has 4 heteroatoms. The molecule has 3 rings (SSSR count). The largest absolute Gasteiger partial charge is 0.439 e. The van der Waals surface area contributed by atoms with Gasteiger partial charge in [0, 0.05) is 6.07 Å². The van der Waals surface area contributed by atoms with Gasteiger partial charge < -0.3 is 9.16 Å². The van der Waals surface area contributed by atoms with Crippen molar-refractivity contribution in [3.63, 3.8) is 0 Å². The van der Waals surface area contributed by atoms with Crippen molar-refractivity contribution in [3.05, 3.63) is 84.6 Å². The van der Waals surface area contributed by atoms with Crippen LogP contribution in [0, 0.1) is 0 Å². The summed E-state index contributed by atoms with van der Waals surface area (Å²) in [6, 6.07) is 25.5. The Morgan fingerprint density at radius 1 is 0.826 bits per heavy atom. The zero-order valence-electron chi connectivity index (χ0n) is 12.8.